The monoisotopic (exact) mass is 466 g/mol. The van der Waals surface area contributed by atoms with Gasteiger partial charge in [-0.25, -0.2) is 9.97 Å². The third kappa shape index (κ3) is 5.30. The Morgan fingerprint density at radius 1 is 1.00 bits per heavy atom. The van der Waals surface area contributed by atoms with E-state index in [-0.39, 0.29) is 11.9 Å². The molecular weight excluding hydrogens is 438 g/mol. The van der Waals surface area contributed by atoms with Crippen LogP contribution in [-0.2, 0) is 4.79 Å². The Morgan fingerprint density at radius 3 is 2.46 bits per heavy atom. The SMILES string of the molecule is CCN(CC)c1ccc(C(=O)Nc2cccc(C(C)Nc3ncnc4c([C]=O)cccc34)c2)cc1. The smallest absolute Gasteiger partial charge is 0.255 e. The van der Waals surface area contributed by atoms with Gasteiger partial charge in [-0.1, -0.05) is 18.2 Å². The molecule has 1 atom stereocenters. The Labute approximate surface area is 205 Å². The van der Waals surface area contributed by atoms with Crippen LogP contribution in [0.4, 0.5) is 17.2 Å². The van der Waals surface area contributed by atoms with E-state index in [4.69, 9.17) is 0 Å². The number of carbonyl (C=O) groups excluding carboxylic acids is 2. The number of fused-ring (bicyclic) bond motifs is 1. The summed E-state index contributed by atoms with van der Waals surface area (Å²) in [6.45, 7) is 8.07. The van der Waals surface area contributed by atoms with Crippen molar-refractivity contribution in [1.82, 2.24) is 9.97 Å². The fourth-order valence-corrected chi connectivity index (χ4v) is 4.07. The molecular formula is C28H28N5O2. The molecule has 0 aliphatic carbocycles. The minimum Gasteiger partial charge on any atom is -0.372 e. The normalized spacial score (nSPS) is 11.6. The van der Waals surface area contributed by atoms with Crippen molar-refractivity contribution in [1.29, 1.82) is 0 Å². The topological polar surface area (TPSA) is 87.2 Å². The van der Waals surface area contributed by atoms with Gasteiger partial charge in [-0.2, -0.15) is 0 Å². The average Bonchev–Trinajstić information content (AvgIpc) is 2.89. The van der Waals surface area contributed by atoms with E-state index in [0.717, 1.165) is 29.7 Å². The molecule has 7 heteroatoms. The molecule has 1 unspecified atom stereocenters. The lowest BCUT2D eigenvalue weighted by molar-refractivity contribution is 0.102. The minimum atomic E-state index is -0.159. The van der Waals surface area contributed by atoms with Gasteiger partial charge in [0.25, 0.3) is 5.91 Å². The summed E-state index contributed by atoms with van der Waals surface area (Å²) in [6, 6.07) is 20.6. The fourth-order valence-electron chi connectivity index (χ4n) is 4.07. The van der Waals surface area contributed by atoms with Crippen molar-refractivity contribution in [2.75, 3.05) is 28.6 Å². The minimum absolute atomic E-state index is 0.109. The first-order valence-electron chi connectivity index (χ1n) is 11.7. The third-order valence-corrected chi connectivity index (χ3v) is 6.03. The highest BCUT2D eigenvalue weighted by atomic mass is 16.1. The molecule has 0 saturated heterocycles. The molecule has 1 amide bonds. The summed E-state index contributed by atoms with van der Waals surface area (Å²) < 4.78 is 0. The molecule has 177 valence electrons. The lowest BCUT2D eigenvalue weighted by Crippen LogP contribution is -2.21. The van der Waals surface area contributed by atoms with Crippen LogP contribution in [0.5, 0.6) is 0 Å². The number of nitrogens with zero attached hydrogens (tertiary/aromatic N) is 3. The van der Waals surface area contributed by atoms with Gasteiger partial charge in [0.15, 0.2) is 0 Å². The molecule has 0 bridgehead atoms. The van der Waals surface area contributed by atoms with Crippen molar-refractivity contribution < 1.29 is 9.59 Å². The number of carbonyl (C=O) groups is 1. The molecule has 1 radical (unpaired) electrons. The quantitative estimate of drug-likeness (QED) is 0.345. The van der Waals surface area contributed by atoms with Crippen LogP contribution < -0.4 is 15.5 Å². The van der Waals surface area contributed by atoms with Gasteiger partial charge < -0.3 is 15.5 Å². The molecule has 0 aliphatic heterocycles. The van der Waals surface area contributed by atoms with E-state index >= 15 is 0 Å². The van der Waals surface area contributed by atoms with Crippen molar-refractivity contribution in [3.8, 4) is 0 Å². The molecule has 0 fully saturated rings. The highest BCUT2D eigenvalue weighted by Crippen LogP contribution is 2.26. The lowest BCUT2D eigenvalue weighted by atomic mass is 10.1. The third-order valence-electron chi connectivity index (χ3n) is 6.03. The second kappa shape index (κ2) is 10.8. The van der Waals surface area contributed by atoms with Crippen LogP contribution >= 0.6 is 0 Å². The summed E-state index contributed by atoms with van der Waals surface area (Å²) in [6.07, 6.45) is 3.36. The lowest BCUT2D eigenvalue weighted by Gasteiger charge is -2.21. The Balaban J connectivity index is 1.49. The summed E-state index contributed by atoms with van der Waals surface area (Å²) in [5, 5.41) is 7.13. The van der Waals surface area contributed by atoms with E-state index in [1.807, 2.05) is 67.8 Å². The van der Waals surface area contributed by atoms with Gasteiger partial charge in [0.1, 0.15) is 12.1 Å². The van der Waals surface area contributed by atoms with Crippen LogP contribution in [0.3, 0.4) is 0 Å². The fraction of sp³-hybridized carbons (Fsp3) is 0.214. The second-order valence-corrected chi connectivity index (χ2v) is 8.19. The molecule has 1 heterocycles. The molecule has 1 aromatic heterocycles. The Bertz CT molecular complexity index is 1330. The van der Waals surface area contributed by atoms with Gasteiger partial charge in [-0.15, -0.1) is 0 Å². The number of hydrogen-bond donors (Lipinski definition) is 2. The van der Waals surface area contributed by atoms with Crippen LogP contribution in [0, 0.1) is 0 Å². The van der Waals surface area contributed by atoms with Crippen LogP contribution in [0.1, 0.15) is 48.3 Å². The first kappa shape index (κ1) is 23.9. The molecule has 3 aromatic carbocycles. The molecule has 35 heavy (non-hydrogen) atoms. The van der Waals surface area contributed by atoms with Crippen molar-refractivity contribution in [3.63, 3.8) is 0 Å². The summed E-state index contributed by atoms with van der Waals surface area (Å²) in [4.78, 5) is 34.9. The number of rotatable bonds is 9. The van der Waals surface area contributed by atoms with E-state index in [1.54, 1.807) is 12.1 Å². The number of aromatic nitrogens is 2. The van der Waals surface area contributed by atoms with E-state index in [9.17, 15) is 9.59 Å². The van der Waals surface area contributed by atoms with Gasteiger partial charge in [-0.3, -0.25) is 9.59 Å². The van der Waals surface area contributed by atoms with Crippen LogP contribution in [-0.4, -0.2) is 35.3 Å². The zero-order chi connectivity index (χ0) is 24.8. The summed E-state index contributed by atoms with van der Waals surface area (Å²) in [5.41, 5.74) is 4.34. The number of amides is 1. The van der Waals surface area contributed by atoms with Gasteiger partial charge in [0.2, 0.25) is 6.29 Å². The van der Waals surface area contributed by atoms with Crippen molar-refractivity contribution in [3.05, 3.63) is 89.7 Å². The van der Waals surface area contributed by atoms with Crippen molar-refractivity contribution in [2.45, 2.75) is 26.8 Å². The standard InChI is InChI=1S/C28H28N5O2/c1-4-33(5-2)24-14-12-20(13-15-24)28(35)32-23-10-6-8-21(16-23)19(3)31-27-25-11-7-9-22(17-34)26(25)29-18-30-27/h6-16,18-19H,4-5H2,1-3H3,(H,32,35)(H,29,30,31). The van der Waals surface area contributed by atoms with Crippen molar-refractivity contribution >= 4 is 40.3 Å². The Kier molecular flexibility index (Phi) is 7.35. The van der Waals surface area contributed by atoms with E-state index in [2.05, 4.69) is 39.3 Å². The van der Waals surface area contributed by atoms with Gasteiger partial charge in [0.05, 0.1) is 17.1 Å². The largest absolute Gasteiger partial charge is 0.372 e. The van der Waals surface area contributed by atoms with Crippen LogP contribution in [0.2, 0.25) is 0 Å². The van der Waals surface area contributed by atoms with Crippen molar-refractivity contribution in [2.24, 2.45) is 0 Å². The average molecular weight is 467 g/mol. The highest BCUT2D eigenvalue weighted by molar-refractivity contribution is 6.04. The van der Waals surface area contributed by atoms with Gasteiger partial charge in [0, 0.05) is 35.4 Å². The summed E-state index contributed by atoms with van der Waals surface area (Å²) >= 11 is 0. The number of para-hydroxylation sites is 1. The second-order valence-electron chi connectivity index (χ2n) is 8.19. The zero-order valence-electron chi connectivity index (χ0n) is 20.1. The first-order valence-corrected chi connectivity index (χ1v) is 11.7. The maximum atomic E-state index is 12.8. The number of anilines is 3. The molecule has 4 rings (SSSR count). The zero-order valence-corrected chi connectivity index (χ0v) is 20.1. The Hall–Kier alpha value is -4.26. The van der Waals surface area contributed by atoms with E-state index in [0.29, 0.717) is 28.1 Å². The summed E-state index contributed by atoms with van der Waals surface area (Å²) in [7, 11) is 0. The Morgan fingerprint density at radius 2 is 1.74 bits per heavy atom. The molecule has 0 spiro atoms. The van der Waals surface area contributed by atoms with Crippen LogP contribution in [0.15, 0.2) is 73.1 Å². The van der Waals surface area contributed by atoms with Gasteiger partial charge in [-0.05, 0) is 74.9 Å². The molecule has 2 N–H and O–H groups in total. The molecule has 4 aromatic rings. The number of benzene rings is 3. The number of nitrogens with one attached hydrogen (secondary N) is 2. The van der Waals surface area contributed by atoms with Gasteiger partial charge >= 0.3 is 0 Å². The maximum absolute atomic E-state index is 12.8. The molecule has 7 nitrogen and oxygen atoms in total. The van der Waals surface area contributed by atoms with E-state index < -0.39 is 0 Å². The predicted molar refractivity (Wildman–Crippen MR) is 141 cm³/mol. The molecule has 0 aliphatic rings. The van der Waals surface area contributed by atoms with E-state index in [1.165, 1.54) is 6.33 Å². The number of hydrogen-bond acceptors (Lipinski definition) is 6. The molecule has 0 saturated carbocycles. The maximum Gasteiger partial charge on any atom is 0.255 e. The predicted octanol–water partition coefficient (Wildman–Crippen LogP) is 5.36. The summed E-state index contributed by atoms with van der Waals surface area (Å²) in [5.74, 6) is 0.468. The first-order chi connectivity index (χ1) is 17.0. The van der Waals surface area contributed by atoms with Crippen LogP contribution in [0.25, 0.3) is 10.9 Å². The highest BCUT2D eigenvalue weighted by Gasteiger charge is 2.13.